The zero-order valence-corrected chi connectivity index (χ0v) is 14.8. The zero-order chi connectivity index (χ0) is 18.1. The van der Waals surface area contributed by atoms with Gasteiger partial charge in [0.25, 0.3) is 5.56 Å². The van der Waals surface area contributed by atoms with E-state index in [1.54, 1.807) is 35.2 Å². The summed E-state index contributed by atoms with van der Waals surface area (Å²) in [7, 11) is 0. The highest BCUT2D eigenvalue weighted by Gasteiger charge is 2.07. The topological polar surface area (TPSA) is 52.2 Å². The standard InChI is InChI=1S/C20H15ClN4O/c1-14-4-2-6-16(22-14)8-9-17-13-20(26)25-19(23-17)10-11-24(25)18-7-3-5-15(21)12-18/h2-13H,1H3. The molecule has 0 unspecified atom stereocenters. The van der Waals surface area contributed by atoms with Crippen molar-refractivity contribution >= 4 is 29.4 Å². The number of fused-ring (bicyclic) bond motifs is 1. The van der Waals surface area contributed by atoms with Crippen molar-refractivity contribution in [2.75, 3.05) is 0 Å². The number of hydrogen-bond acceptors (Lipinski definition) is 3. The van der Waals surface area contributed by atoms with Gasteiger partial charge in [-0.25, -0.2) is 4.98 Å². The van der Waals surface area contributed by atoms with Crippen LogP contribution in [0.1, 0.15) is 17.1 Å². The molecule has 0 saturated carbocycles. The van der Waals surface area contributed by atoms with Gasteiger partial charge < -0.3 is 0 Å². The van der Waals surface area contributed by atoms with Crippen molar-refractivity contribution in [2.45, 2.75) is 6.92 Å². The molecule has 0 saturated heterocycles. The molecule has 0 aliphatic heterocycles. The van der Waals surface area contributed by atoms with Gasteiger partial charge in [-0.3, -0.25) is 14.5 Å². The molecule has 0 radical (unpaired) electrons. The molecule has 0 spiro atoms. The van der Waals surface area contributed by atoms with Crippen LogP contribution in [0, 0.1) is 6.92 Å². The third-order valence-electron chi connectivity index (χ3n) is 3.93. The molecular formula is C20H15ClN4O. The highest BCUT2D eigenvalue weighted by molar-refractivity contribution is 6.30. The first kappa shape index (κ1) is 16.3. The second-order valence-electron chi connectivity index (χ2n) is 5.87. The van der Waals surface area contributed by atoms with E-state index in [9.17, 15) is 4.79 Å². The Morgan fingerprint density at radius 2 is 1.77 bits per heavy atom. The summed E-state index contributed by atoms with van der Waals surface area (Å²) in [5.41, 5.74) is 3.54. The van der Waals surface area contributed by atoms with Gasteiger partial charge >= 0.3 is 0 Å². The van der Waals surface area contributed by atoms with Gasteiger partial charge in [0.05, 0.1) is 17.1 Å². The first-order valence-electron chi connectivity index (χ1n) is 8.09. The average molecular weight is 363 g/mol. The fourth-order valence-corrected chi connectivity index (χ4v) is 2.96. The summed E-state index contributed by atoms with van der Waals surface area (Å²) in [6.45, 7) is 1.94. The lowest BCUT2D eigenvalue weighted by Gasteiger charge is -2.07. The molecule has 1 aromatic carbocycles. The molecular weight excluding hydrogens is 348 g/mol. The number of aromatic nitrogens is 4. The number of aryl methyl sites for hydroxylation is 1. The fraction of sp³-hybridized carbons (Fsp3) is 0.0500. The Labute approximate surface area is 154 Å². The van der Waals surface area contributed by atoms with Gasteiger partial charge in [0.15, 0.2) is 5.65 Å². The minimum atomic E-state index is -0.170. The molecule has 3 aromatic heterocycles. The molecule has 6 heteroatoms. The third-order valence-corrected chi connectivity index (χ3v) is 4.16. The van der Waals surface area contributed by atoms with Crippen LogP contribution in [0.3, 0.4) is 0 Å². The molecule has 4 rings (SSSR count). The van der Waals surface area contributed by atoms with Crippen LogP contribution in [0.15, 0.2) is 65.6 Å². The van der Waals surface area contributed by atoms with Gasteiger partial charge in [-0.15, -0.1) is 0 Å². The fourth-order valence-electron chi connectivity index (χ4n) is 2.77. The number of hydrogen-bond donors (Lipinski definition) is 0. The van der Waals surface area contributed by atoms with E-state index in [1.807, 2.05) is 43.3 Å². The highest BCUT2D eigenvalue weighted by Crippen LogP contribution is 2.15. The van der Waals surface area contributed by atoms with E-state index < -0.39 is 0 Å². The van der Waals surface area contributed by atoms with Crippen LogP contribution in [0.5, 0.6) is 0 Å². The lowest BCUT2D eigenvalue weighted by Crippen LogP contribution is -2.19. The molecule has 26 heavy (non-hydrogen) atoms. The Morgan fingerprint density at radius 3 is 2.58 bits per heavy atom. The maximum atomic E-state index is 12.6. The first-order chi connectivity index (χ1) is 12.6. The molecule has 3 heterocycles. The second kappa shape index (κ2) is 6.61. The Hall–Kier alpha value is -3.18. The monoisotopic (exact) mass is 362 g/mol. The van der Waals surface area contributed by atoms with Gasteiger partial charge in [-0.2, -0.15) is 4.52 Å². The van der Waals surface area contributed by atoms with E-state index in [4.69, 9.17) is 11.6 Å². The normalized spacial score (nSPS) is 11.5. The van der Waals surface area contributed by atoms with Crippen molar-refractivity contribution in [3.05, 3.63) is 93.3 Å². The maximum Gasteiger partial charge on any atom is 0.273 e. The predicted octanol–water partition coefficient (Wildman–Crippen LogP) is 4.01. The number of pyridine rings is 1. The van der Waals surface area contributed by atoms with Gasteiger partial charge in [0, 0.05) is 29.0 Å². The summed E-state index contributed by atoms with van der Waals surface area (Å²) >= 11 is 6.06. The molecule has 0 amide bonds. The molecule has 0 aliphatic carbocycles. The molecule has 5 nitrogen and oxygen atoms in total. The minimum Gasteiger partial charge on any atom is -0.267 e. The molecule has 128 valence electrons. The van der Waals surface area contributed by atoms with Crippen LogP contribution in [0.2, 0.25) is 5.02 Å². The molecule has 0 atom stereocenters. The van der Waals surface area contributed by atoms with Crippen LogP contribution in [-0.2, 0) is 0 Å². The summed E-state index contributed by atoms with van der Waals surface area (Å²) in [5.74, 6) is 0. The van der Waals surface area contributed by atoms with Crippen molar-refractivity contribution in [2.24, 2.45) is 0 Å². The molecule has 0 fully saturated rings. The summed E-state index contributed by atoms with van der Waals surface area (Å²) in [6.07, 6.45) is 5.43. The molecule has 0 bridgehead atoms. The third kappa shape index (κ3) is 3.17. The van der Waals surface area contributed by atoms with Gasteiger partial charge in [-0.1, -0.05) is 23.7 Å². The number of benzene rings is 1. The average Bonchev–Trinajstić information content (AvgIpc) is 3.05. The number of halogens is 1. The van der Waals surface area contributed by atoms with Crippen LogP contribution >= 0.6 is 11.6 Å². The van der Waals surface area contributed by atoms with Crippen molar-refractivity contribution in [1.82, 2.24) is 19.2 Å². The zero-order valence-electron chi connectivity index (χ0n) is 14.0. The van der Waals surface area contributed by atoms with Crippen molar-refractivity contribution in [1.29, 1.82) is 0 Å². The van der Waals surface area contributed by atoms with E-state index in [-0.39, 0.29) is 5.56 Å². The molecule has 4 aromatic rings. The largest absolute Gasteiger partial charge is 0.273 e. The lowest BCUT2D eigenvalue weighted by atomic mass is 10.2. The van der Waals surface area contributed by atoms with E-state index >= 15 is 0 Å². The second-order valence-corrected chi connectivity index (χ2v) is 6.30. The van der Waals surface area contributed by atoms with Gasteiger partial charge in [0.2, 0.25) is 0 Å². The first-order valence-corrected chi connectivity index (χ1v) is 8.47. The van der Waals surface area contributed by atoms with Crippen LogP contribution in [0.25, 0.3) is 23.5 Å². The Bertz CT molecular complexity index is 1190. The summed E-state index contributed by atoms with van der Waals surface area (Å²) in [5, 5.41) is 0.607. The molecule has 0 aliphatic rings. The van der Waals surface area contributed by atoms with Crippen molar-refractivity contribution < 1.29 is 0 Å². The summed E-state index contributed by atoms with van der Waals surface area (Å²) in [4.78, 5) is 21.6. The van der Waals surface area contributed by atoms with Crippen molar-refractivity contribution in [3.8, 4) is 5.69 Å². The number of rotatable bonds is 3. The van der Waals surface area contributed by atoms with Crippen LogP contribution in [0.4, 0.5) is 0 Å². The summed E-state index contributed by atoms with van der Waals surface area (Å²) < 4.78 is 3.24. The lowest BCUT2D eigenvalue weighted by molar-refractivity contribution is 0.763. The van der Waals surface area contributed by atoms with Crippen molar-refractivity contribution in [3.63, 3.8) is 0 Å². The Balaban J connectivity index is 1.76. The minimum absolute atomic E-state index is 0.170. The highest BCUT2D eigenvalue weighted by atomic mass is 35.5. The summed E-state index contributed by atoms with van der Waals surface area (Å²) in [6, 6.07) is 16.4. The van der Waals surface area contributed by atoms with Gasteiger partial charge in [-0.05, 0) is 49.4 Å². The van der Waals surface area contributed by atoms with E-state index in [0.29, 0.717) is 16.4 Å². The van der Waals surface area contributed by atoms with E-state index in [1.165, 1.54) is 10.6 Å². The Kier molecular flexibility index (Phi) is 4.14. The van der Waals surface area contributed by atoms with Crippen LogP contribution in [-0.4, -0.2) is 19.2 Å². The Morgan fingerprint density at radius 1 is 0.962 bits per heavy atom. The predicted molar refractivity (Wildman–Crippen MR) is 104 cm³/mol. The molecule has 0 N–H and O–H groups in total. The SMILES string of the molecule is Cc1cccc(C=Cc2cc(=O)n3c(ccn3-c3cccc(Cl)c3)n2)n1. The van der Waals surface area contributed by atoms with E-state index in [0.717, 1.165) is 17.1 Å². The van der Waals surface area contributed by atoms with E-state index in [2.05, 4.69) is 9.97 Å². The maximum absolute atomic E-state index is 12.6. The quantitative estimate of drug-likeness (QED) is 0.553. The van der Waals surface area contributed by atoms with Crippen LogP contribution < -0.4 is 5.56 Å². The van der Waals surface area contributed by atoms with Gasteiger partial charge in [0.1, 0.15) is 0 Å². The smallest absolute Gasteiger partial charge is 0.267 e. The number of nitrogens with zero attached hydrogens (tertiary/aromatic N) is 4.